The molecule has 0 atom stereocenters. The van der Waals surface area contributed by atoms with Crippen molar-refractivity contribution in [2.75, 3.05) is 13.7 Å². The van der Waals surface area contributed by atoms with Gasteiger partial charge in [0.05, 0.1) is 11.8 Å². The SMILES string of the molecule is COc1ccc(-c2cc3cnc(C(=O)NCC(=O)O)c(O)c3s2)cc1. The van der Waals surface area contributed by atoms with Gasteiger partial charge in [-0.1, -0.05) is 0 Å². The lowest BCUT2D eigenvalue weighted by atomic mass is 10.1. The normalized spacial score (nSPS) is 10.6. The number of carboxylic acid groups (broad SMARTS) is 1. The number of nitrogens with zero attached hydrogens (tertiary/aromatic N) is 1. The maximum atomic E-state index is 12.0. The number of hydrogen-bond donors (Lipinski definition) is 3. The number of hydrogen-bond acceptors (Lipinski definition) is 6. The van der Waals surface area contributed by atoms with Gasteiger partial charge in [-0.15, -0.1) is 11.3 Å². The quantitative estimate of drug-likeness (QED) is 0.647. The highest BCUT2D eigenvalue weighted by Crippen LogP contribution is 2.39. The number of ether oxygens (including phenoxy) is 1. The molecule has 1 aromatic carbocycles. The molecule has 0 unspecified atom stereocenters. The molecule has 25 heavy (non-hydrogen) atoms. The fraction of sp³-hybridized carbons (Fsp3) is 0.118. The van der Waals surface area contributed by atoms with E-state index in [2.05, 4.69) is 10.3 Å². The summed E-state index contributed by atoms with van der Waals surface area (Å²) >= 11 is 1.32. The number of methoxy groups -OCH3 is 1. The maximum Gasteiger partial charge on any atom is 0.322 e. The monoisotopic (exact) mass is 358 g/mol. The summed E-state index contributed by atoms with van der Waals surface area (Å²) in [6, 6.07) is 9.33. The molecular weight excluding hydrogens is 344 g/mol. The van der Waals surface area contributed by atoms with Gasteiger partial charge in [0.15, 0.2) is 11.4 Å². The number of aromatic nitrogens is 1. The van der Waals surface area contributed by atoms with E-state index in [4.69, 9.17) is 9.84 Å². The summed E-state index contributed by atoms with van der Waals surface area (Å²) in [5.41, 5.74) is 0.746. The number of thiophene rings is 1. The number of benzene rings is 1. The molecule has 3 N–H and O–H groups in total. The summed E-state index contributed by atoms with van der Waals surface area (Å²) < 4.78 is 5.65. The smallest absolute Gasteiger partial charge is 0.322 e. The molecule has 0 aliphatic carbocycles. The Morgan fingerprint density at radius 2 is 2.00 bits per heavy atom. The van der Waals surface area contributed by atoms with Crippen molar-refractivity contribution in [3.05, 3.63) is 42.2 Å². The van der Waals surface area contributed by atoms with E-state index in [9.17, 15) is 14.7 Å². The van der Waals surface area contributed by atoms with Crippen LogP contribution >= 0.6 is 11.3 Å². The zero-order valence-corrected chi connectivity index (χ0v) is 14.0. The molecule has 0 radical (unpaired) electrons. The lowest BCUT2D eigenvalue weighted by Crippen LogP contribution is -2.29. The summed E-state index contributed by atoms with van der Waals surface area (Å²) in [7, 11) is 1.59. The van der Waals surface area contributed by atoms with Crippen LogP contribution in [0.1, 0.15) is 10.5 Å². The largest absolute Gasteiger partial charge is 0.504 e. The molecule has 2 aromatic heterocycles. The van der Waals surface area contributed by atoms with Crippen LogP contribution in [0.5, 0.6) is 11.5 Å². The molecule has 7 nitrogen and oxygen atoms in total. The van der Waals surface area contributed by atoms with Crippen LogP contribution in [0.25, 0.3) is 20.5 Å². The number of carboxylic acids is 1. The summed E-state index contributed by atoms with van der Waals surface area (Å²) in [5.74, 6) is -1.43. The number of amides is 1. The summed E-state index contributed by atoms with van der Waals surface area (Å²) in [4.78, 5) is 27.3. The lowest BCUT2D eigenvalue weighted by molar-refractivity contribution is -0.135. The van der Waals surface area contributed by atoms with E-state index < -0.39 is 18.4 Å². The van der Waals surface area contributed by atoms with Crippen molar-refractivity contribution in [3.8, 4) is 21.9 Å². The van der Waals surface area contributed by atoms with E-state index in [1.54, 1.807) is 7.11 Å². The minimum atomic E-state index is -1.17. The Labute approximate surface area is 146 Å². The Balaban J connectivity index is 1.96. The molecule has 0 saturated carbocycles. The molecule has 0 spiro atoms. The molecule has 0 bridgehead atoms. The van der Waals surface area contributed by atoms with Gasteiger partial charge in [-0.05, 0) is 35.9 Å². The number of fused-ring (bicyclic) bond motifs is 1. The minimum absolute atomic E-state index is 0.197. The fourth-order valence-electron chi connectivity index (χ4n) is 2.29. The third-order valence-electron chi connectivity index (χ3n) is 3.52. The molecule has 0 fully saturated rings. The molecule has 2 heterocycles. The van der Waals surface area contributed by atoms with Crippen LogP contribution in [0.15, 0.2) is 36.5 Å². The van der Waals surface area contributed by atoms with Crippen molar-refractivity contribution in [1.29, 1.82) is 0 Å². The first-order chi connectivity index (χ1) is 12.0. The van der Waals surface area contributed by atoms with E-state index in [-0.39, 0.29) is 11.4 Å². The van der Waals surface area contributed by atoms with Crippen LogP contribution in [0, 0.1) is 0 Å². The molecule has 8 heteroatoms. The van der Waals surface area contributed by atoms with E-state index in [0.717, 1.165) is 16.2 Å². The lowest BCUT2D eigenvalue weighted by Gasteiger charge is -2.04. The summed E-state index contributed by atoms with van der Waals surface area (Å²) in [5, 5.41) is 21.8. The van der Waals surface area contributed by atoms with Crippen molar-refractivity contribution >= 4 is 33.3 Å². The summed E-state index contributed by atoms with van der Waals surface area (Å²) in [6.45, 7) is -0.542. The van der Waals surface area contributed by atoms with E-state index in [0.29, 0.717) is 10.1 Å². The molecule has 0 aliphatic rings. The first kappa shape index (κ1) is 16.7. The van der Waals surface area contributed by atoms with Crippen LogP contribution in [-0.2, 0) is 4.79 Å². The minimum Gasteiger partial charge on any atom is -0.504 e. The number of pyridine rings is 1. The number of carbonyl (C=O) groups excluding carboxylic acids is 1. The van der Waals surface area contributed by atoms with Crippen LogP contribution in [-0.4, -0.2) is 40.7 Å². The van der Waals surface area contributed by atoms with Gasteiger partial charge in [0.2, 0.25) is 0 Å². The standard InChI is InChI=1S/C17H14N2O5S/c1-24-11-4-2-9(3-5-11)12-6-10-7-18-14(15(22)16(10)25-12)17(23)19-8-13(20)21/h2-7,22H,8H2,1H3,(H,19,23)(H,20,21). The highest BCUT2D eigenvalue weighted by molar-refractivity contribution is 7.22. The van der Waals surface area contributed by atoms with Gasteiger partial charge in [0.1, 0.15) is 12.3 Å². The zero-order valence-electron chi connectivity index (χ0n) is 13.1. The number of nitrogens with one attached hydrogen (secondary N) is 1. The fourth-order valence-corrected chi connectivity index (χ4v) is 3.37. The highest BCUT2D eigenvalue weighted by Gasteiger charge is 2.18. The molecule has 128 valence electrons. The second-order valence-electron chi connectivity index (χ2n) is 5.16. The van der Waals surface area contributed by atoms with Crippen molar-refractivity contribution in [2.45, 2.75) is 0 Å². The highest BCUT2D eigenvalue weighted by atomic mass is 32.1. The second-order valence-corrected chi connectivity index (χ2v) is 6.21. The average Bonchev–Trinajstić information content (AvgIpc) is 3.05. The topological polar surface area (TPSA) is 109 Å². The number of carbonyl (C=O) groups is 2. The molecule has 3 aromatic rings. The van der Waals surface area contributed by atoms with Crippen LogP contribution in [0.2, 0.25) is 0 Å². The van der Waals surface area contributed by atoms with Gasteiger partial charge in [-0.25, -0.2) is 4.98 Å². The van der Waals surface area contributed by atoms with E-state index >= 15 is 0 Å². The molecule has 0 aliphatic heterocycles. The van der Waals surface area contributed by atoms with Gasteiger partial charge in [-0.2, -0.15) is 0 Å². The van der Waals surface area contributed by atoms with Gasteiger partial charge in [-0.3, -0.25) is 9.59 Å². The third-order valence-corrected chi connectivity index (χ3v) is 4.73. The average molecular weight is 358 g/mol. The molecule has 1 amide bonds. The number of aliphatic carboxylic acids is 1. The second kappa shape index (κ2) is 6.78. The van der Waals surface area contributed by atoms with E-state index in [1.807, 2.05) is 30.3 Å². The van der Waals surface area contributed by atoms with Crippen LogP contribution < -0.4 is 10.1 Å². The zero-order chi connectivity index (χ0) is 18.0. The molecular formula is C17H14N2O5S. The van der Waals surface area contributed by atoms with Gasteiger partial charge >= 0.3 is 5.97 Å². The van der Waals surface area contributed by atoms with Crippen molar-refractivity contribution < 1.29 is 24.5 Å². The van der Waals surface area contributed by atoms with Crippen molar-refractivity contribution in [1.82, 2.24) is 10.3 Å². The van der Waals surface area contributed by atoms with Crippen LogP contribution in [0.3, 0.4) is 0 Å². The number of rotatable bonds is 5. The Bertz CT molecular complexity index is 950. The third kappa shape index (κ3) is 3.38. The first-order valence-electron chi connectivity index (χ1n) is 7.25. The predicted molar refractivity (Wildman–Crippen MR) is 93.2 cm³/mol. The summed E-state index contributed by atoms with van der Waals surface area (Å²) in [6.07, 6.45) is 1.48. The van der Waals surface area contributed by atoms with Gasteiger partial charge in [0, 0.05) is 16.5 Å². The van der Waals surface area contributed by atoms with Crippen molar-refractivity contribution in [3.63, 3.8) is 0 Å². The van der Waals surface area contributed by atoms with Gasteiger partial charge < -0.3 is 20.3 Å². The number of aromatic hydroxyl groups is 1. The Hall–Kier alpha value is -3.13. The Kier molecular flexibility index (Phi) is 4.53. The van der Waals surface area contributed by atoms with Crippen LogP contribution in [0.4, 0.5) is 0 Å². The van der Waals surface area contributed by atoms with E-state index in [1.165, 1.54) is 17.5 Å². The predicted octanol–water partition coefficient (Wildman–Crippen LogP) is 2.49. The van der Waals surface area contributed by atoms with Gasteiger partial charge in [0.25, 0.3) is 5.91 Å². The molecule has 0 saturated heterocycles. The van der Waals surface area contributed by atoms with Crippen molar-refractivity contribution in [2.24, 2.45) is 0 Å². The maximum absolute atomic E-state index is 12.0. The Morgan fingerprint density at radius 1 is 1.28 bits per heavy atom. The first-order valence-corrected chi connectivity index (χ1v) is 8.07. The Morgan fingerprint density at radius 3 is 2.64 bits per heavy atom. The molecule has 3 rings (SSSR count).